The predicted octanol–water partition coefficient (Wildman–Crippen LogP) is 4.60. The molecule has 1 aromatic heterocycles. The normalized spacial score (nSPS) is 11.0. The third-order valence-corrected chi connectivity index (χ3v) is 3.95. The summed E-state index contributed by atoms with van der Waals surface area (Å²) in [5.41, 5.74) is 4.55. The van der Waals surface area contributed by atoms with Crippen LogP contribution in [0.15, 0.2) is 42.5 Å². The number of aromatic amines is 1. The van der Waals surface area contributed by atoms with Crippen LogP contribution >= 0.6 is 34.8 Å². The molecule has 0 atom stereocenters. The SMILES string of the molecule is Cc1cccc2c1[nH]c(=S)n2-c1cccc(I)c1. The van der Waals surface area contributed by atoms with E-state index in [9.17, 15) is 0 Å². The Balaban J connectivity index is 2.39. The van der Waals surface area contributed by atoms with Gasteiger partial charge in [-0.15, -0.1) is 0 Å². The minimum atomic E-state index is 0.737. The number of para-hydroxylation sites is 1. The highest BCUT2D eigenvalue weighted by atomic mass is 127. The smallest absolute Gasteiger partial charge is 0.182 e. The minimum Gasteiger partial charge on any atom is -0.330 e. The lowest BCUT2D eigenvalue weighted by Gasteiger charge is -2.05. The van der Waals surface area contributed by atoms with E-state index in [0.29, 0.717) is 0 Å². The molecule has 0 unspecified atom stereocenters. The highest BCUT2D eigenvalue weighted by Gasteiger charge is 2.07. The first-order valence-corrected chi connectivity index (χ1v) is 7.12. The second-order valence-corrected chi connectivity index (χ2v) is 5.85. The summed E-state index contributed by atoms with van der Waals surface area (Å²) in [5, 5.41) is 0. The van der Waals surface area contributed by atoms with Gasteiger partial charge in [-0.05, 0) is 71.6 Å². The number of hydrogen-bond acceptors (Lipinski definition) is 1. The molecule has 0 fully saturated rings. The second kappa shape index (κ2) is 4.51. The molecule has 0 saturated carbocycles. The average Bonchev–Trinajstić information content (AvgIpc) is 2.67. The number of aryl methyl sites for hydroxylation is 1. The molecule has 0 amide bonds. The number of imidazole rings is 1. The molecule has 0 aliphatic rings. The molecular weight excluding hydrogens is 355 g/mol. The van der Waals surface area contributed by atoms with Gasteiger partial charge in [0.25, 0.3) is 0 Å². The van der Waals surface area contributed by atoms with Gasteiger partial charge in [-0.3, -0.25) is 4.57 Å². The van der Waals surface area contributed by atoms with Crippen LogP contribution < -0.4 is 0 Å². The van der Waals surface area contributed by atoms with Crippen LogP contribution in [0.1, 0.15) is 5.56 Å². The van der Waals surface area contributed by atoms with Gasteiger partial charge < -0.3 is 4.98 Å². The highest BCUT2D eigenvalue weighted by molar-refractivity contribution is 14.1. The number of benzene rings is 2. The van der Waals surface area contributed by atoms with E-state index in [-0.39, 0.29) is 0 Å². The summed E-state index contributed by atoms with van der Waals surface area (Å²) in [6.45, 7) is 2.09. The first-order valence-electron chi connectivity index (χ1n) is 5.63. The lowest BCUT2D eigenvalue weighted by molar-refractivity contribution is 1.06. The molecule has 0 aliphatic carbocycles. The van der Waals surface area contributed by atoms with E-state index in [4.69, 9.17) is 12.2 Å². The van der Waals surface area contributed by atoms with Crippen molar-refractivity contribution in [1.29, 1.82) is 0 Å². The third kappa shape index (κ3) is 1.89. The molecule has 0 saturated heterocycles. The molecule has 3 aromatic rings. The number of nitrogens with zero attached hydrogens (tertiary/aromatic N) is 1. The van der Waals surface area contributed by atoms with E-state index in [1.54, 1.807) is 0 Å². The van der Waals surface area contributed by atoms with Gasteiger partial charge in [0.2, 0.25) is 0 Å². The fourth-order valence-corrected chi connectivity index (χ4v) is 2.98. The molecule has 0 radical (unpaired) electrons. The Morgan fingerprint density at radius 1 is 1.17 bits per heavy atom. The fourth-order valence-electron chi connectivity index (χ4n) is 2.15. The van der Waals surface area contributed by atoms with Gasteiger partial charge in [0.1, 0.15) is 0 Å². The molecule has 2 nitrogen and oxygen atoms in total. The lowest BCUT2D eigenvalue weighted by Crippen LogP contribution is -1.94. The zero-order valence-electron chi connectivity index (χ0n) is 9.77. The maximum atomic E-state index is 5.44. The number of halogens is 1. The van der Waals surface area contributed by atoms with Crippen molar-refractivity contribution in [1.82, 2.24) is 9.55 Å². The van der Waals surface area contributed by atoms with Crippen LogP contribution in [0.5, 0.6) is 0 Å². The fraction of sp³-hybridized carbons (Fsp3) is 0.0714. The van der Waals surface area contributed by atoms with Crippen molar-refractivity contribution in [3.8, 4) is 5.69 Å². The summed E-state index contributed by atoms with van der Waals surface area (Å²) in [6, 6.07) is 14.6. The number of rotatable bonds is 1. The summed E-state index contributed by atoms with van der Waals surface area (Å²) in [5.74, 6) is 0. The Kier molecular flexibility index (Phi) is 2.99. The number of nitrogens with one attached hydrogen (secondary N) is 1. The summed E-state index contributed by atoms with van der Waals surface area (Å²) in [7, 11) is 0. The van der Waals surface area contributed by atoms with Crippen molar-refractivity contribution in [2.24, 2.45) is 0 Å². The molecule has 4 heteroatoms. The topological polar surface area (TPSA) is 20.7 Å². The van der Waals surface area contributed by atoms with Crippen molar-refractivity contribution in [2.45, 2.75) is 6.92 Å². The van der Waals surface area contributed by atoms with Gasteiger partial charge in [0.15, 0.2) is 4.77 Å². The van der Waals surface area contributed by atoms with Crippen molar-refractivity contribution in [3.05, 3.63) is 56.4 Å². The number of aromatic nitrogens is 2. The highest BCUT2D eigenvalue weighted by Crippen LogP contribution is 2.22. The monoisotopic (exact) mass is 366 g/mol. The van der Waals surface area contributed by atoms with E-state index in [0.717, 1.165) is 21.5 Å². The van der Waals surface area contributed by atoms with Crippen LogP contribution in [-0.4, -0.2) is 9.55 Å². The molecule has 0 bridgehead atoms. The zero-order valence-corrected chi connectivity index (χ0v) is 12.7. The Morgan fingerprint density at radius 2 is 1.94 bits per heavy atom. The van der Waals surface area contributed by atoms with Crippen LogP contribution in [0.3, 0.4) is 0 Å². The maximum Gasteiger partial charge on any atom is 0.182 e. The van der Waals surface area contributed by atoms with Gasteiger partial charge in [0.05, 0.1) is 11.0 Å². The molecule has 18 heavy (non-hydrogen) atoms. The van der Waals surface area contributed by atoms with Crippen LogP contribution in [0.2, 0.25) is 0 Å². The van der Waals surface area contributed by atoms with E-state index in [2.05, 4.69) is 75.5 Å². The second-order valence-electron chi connectivity index (χ2n) is 4.21. The van der Waals surface area contributed by atoms with Crippen molar-refractivity contribution in [2.75, 3.05) is 0 Å². The van der Waals surface area contributed by atoms with Crippen LogP contribution in [0.25, 0.3) is 16.7 Å². The van der Waals surface area contributed by atoms with E-state index < -0.39 is 0 Å². The molecular formula is C14H11IN2S. The lowest BCUT2D eigenvalue weighted by atomic mass is 10.2. The standard InChI is InChI=1S/C14H11IN2S/c1-9-4-2-7-12-13(9)16-14(18)17(12)11-6-3-5-10(15)8-11/h2-8H,1H3,(H,16,18). The number of H-pyrrole nitrogens is 1. The zero-order chi connectivity index (χ0) is 12.7. The molecule has 2 aromatic carbocycles. The molecule has 90 valence electrons. The van der Waals surface area contributed by atoms with Crippen molar-refractivity contribution in [3.63, 3.8) is 0 Å². The van der Waals surface area contributed by atoms with Crippen molar-refractivity contribution < 1.29 is 0 Å². The Morgan fingerprint density at radius 3 is 2.72 bits per heavy atom. The quantitative estimate of drug-likeness (QED) is 0.493. The van der Waals surface area contributed by atoms with E-state index >= 15 is 0 Å². The summed E-state index contributed by atoms with van der Waals surface area (Å²) in [6.07, 6.45) is 0. The molecule has 0 aliphatic heterocycles. The van der Waals surface area contributed by atoms with Gasteiger partial charge in [-0.1, -0.05) is 18.2 Å². The first-order chi connectivity index (χ1) is 8.66. The summed E-state index contributed by atoms with van der Waals surface area (Å²) in [4.78, 5) is 3.29. The third-order valence-electron chi connectivity index (χ3n) is 2.99. The van der Waals surface area contributed by atoms with E-state index in [1.165, 1.54) is 9.13 Å². The summed E-state index contributed by atoms with van der Waals surface area (Å²) >= 11 is 7.76. The average molecular weight is 366 g/mol. The Labute approximate surface area is 124 Å². The number of hydrogen-bond donors (Lipinski definition) is 1. The van der Waals surface area contributed by atoms with E-state index in [1.807, 2.05) is 6.07 Å². The molecule has 0 spiro atoms. The maximum absolute atomic E-state index is 5.44. The van der Waals surface area contributed by atoms with Crippen LogP contribution in [-0.2, 0) is 0 Å². The summed E-state index contributed by atoms with van der Waals surface area (Å²) < 4.78 is 4.02. The van der Waals surface area contributed by atoms with Gasteiger partial charge >= 0.3 is 0 Å². The van der Waals surface area contributed by atoms with Crippen LogP contribution in [0.4, 0.5) is 0 Å². The molecule has 3 rings (SSSR count). The molecule has 1 N–H and O–H groups in total. The van der Waals surface area contributed by atoms with Gasteiger partial charge in [-0.25, -0.2) is 0 Å². The largest absolute Gasteiger partial charge is 0.330 e. The molecule has 1 heterocycles. The Bertz CT molecular complexity index is 786. The van der Waals surface area contributed by atoms with Gasteiger partial charge in [-0.2, -0.15) is 0 Å². The van der Waals surface area contributed by atoms with Crippen molar-refractivity contribution >= 4 is 45.8 Å². The Hall–Kier alpha value is -1.14. The van der Waals surface area contributed by atoms with Crippen LogP contribution in [0, 0.1) is 15.3 Å². The minimum absolute atomic E-state index is 0.737. The van der Waals surface area contributed by atoms with Gasteiger partial charge in [0, 0.05) is 9.26 Å². The predicted molar refractivity (Wildman–Crippen MR) is 85.9 cm³/mol. The number of fused-ring (bicyclic) bond motifs is 1. The first kappa shape index (κ1) is 11.9.